The molecule has 2 fully saturated rings. The van der Waals surface area contributed by atoms with Crippen molar-refractivity contribution in [1.82, 2.24) is 5.32 Å². The van der Waals surface area contributed by atoms with Crippen molar-refractivity contribution in [3.05, 3.63) is 29.8 Å². The molecule has 1 aromatic rings. The van der Waals surface area contributed by atoms with Crippen LogP contribution in [-0.2, 0) is 6.54 Å². The van der Waals surface area contributed by atoms with Crippen LogP contribution in [0, 0.1) is 17.8 Å². The van der Waals surface area contributed by atoms with E-state index in [1.807, 2.05) is 0 Å². The van der Waals surface area contributed by atoms with Gasteiger partial charge in [-0.1, -0.05) is 55.5 Å². The van der Waals surface area contributed by atoms with Gasteiger partial charge >= 0.3 is 0 Å². The Kier molecular flexibility index (Phi) is 4.29. The summed E-state index contributed by atoms with van der Waals surface area (Å²) in [7, 11) is -1.15. The summed E-state index contributed by atoms with van der Waals surface area (Å²) in [5.74, 6) is 3.01. The maximum Gasteiger partial charge on any atom is 0.0775 e. The highest BCUT2D eigenvalue weighted by Gasteiger charge is 2.41. The minimum atomic E-state index is -1.15. The number of hydrogen-bond acceptors (Lipinski definition) is 1. The zero-order chi connectivity index (χ0) is 15.0. The second-order valence-electron chi connectivity index (χ2n) is 8.46. The van der Waals surface area contributed by atoms with Crippen LogP contribution in [0.2, 0.25) is 19.6 Å². The predicted octanol–water partition coefficient (Wildman–Crippen LogP) is 4.15. The first-order chi connectivity index (χ1) is 9.93. The van der Waals surface area contributed by atoms with Crippen molar-refractivity contribution in [1.29, 1.82) is 0 Å². The molecule has 2 aliphatic carbocycles. The molecule has 0 amide bonds. The molecule has 2 bridgehead atoms. The highest BCUT2D eigenvalue weighted by Crippen LogP contribution is 2.49. The summed E-state index contributed by atoms with van der Waals surface area (Å²) in [5.41, 5.74) is 1.44. The van der Waals surface area contributed by atoms with E-state index in [1.54, 1.807) is 5.19 Å². The van der Waals surface area contributed by atoms with Gasteiger partial charge in [0.1, 0.15) is 0 Å². The molecule has 0 heterocycles. The van der Waals surface area contributed by atoms with Crippen molar-refractivity contribution < 1.29 is 0 Å². The first kappa shape index (κ1) is 15.3. The summed E-state index contributed by atoms with van der Waals surface area (Å²) in [6.07, 6.45) is 5.99. The van der Waals surface area contributed by atoms with E-state index < -0.39 is 8.07 Å². The molecule has 1 nitrogen and oxygen atoms in total. The van der Waals surface area contributed by atoms with Crippen molar-refractivity contribution in [2.45, 2.75) is 64.8 Å². The molecule has 0 radical (unpaired) electrons. The zero-order valence-electron chi connectivity index (χ0n) is 14.2. The SMILES string of the molecule is CC(NCc1ccc([Si](C)(C)C)cc1)C1CC2CCC1C2. The maximum absolute atomic E-state index is 3.80. The van der Waals surface area contributed by atoms with Crippen molar-refractivity contribution in [3.8, 4) is 0 Å². The van der Waals surface area contributed by atoms with Crippen LogP contribution >= 0.6 is 0 Å². The third kappa shape index (κ3) is 3.43. The summed E-state index contributed by atoms with van der Waals surface area (Å²) < 4.78 is 0. The Morgan fingerprint density at radius 2 is 1.81 bits per heavy atom. The molecule has 116 valence electrons. The number of nitrogens with one attached hydrogen (secondary N) is 1. The van der Waals surface area contributed by atoms with Gasteiger partial charge in [0, 0.05) is 12.6 Å². The van der Waals surface area contributed by atoms with Gasteiger partial charge in [-0.2, -0.15) is 0 Å². The number of rotatable bonds is 5. The van der Waals surface area contributed by atoms with Gasteiger partial charge in [0.15, 0.2) is 0 Å². The Morgan fingerprint density at radius 1 is 1.10 bits per heavy atom. The van der Waals surface area contributed by atoms with Crippen LogP contribution in [0.25, 0.3) is 0 Å². The van der Waals surface area contributed by atoms with E-state index in [-0.39, 0.29) is 0 Å². The van der Waals surface area contributed by atoms with E-state index in [2.05, 4.69) is 56.1 Å². The average molecular weight is 302 g/mol. The van der Waals surface area contributed by atoms with Crippen molar-refractivity contribution >= 4 is 13.3 Å². The molecule has 3 rings (SSSR count). The van der Waals surface area contributed by atoms with E-state index in [0.717, 1.165) is 24.3 Å². The van der Waals surface area contributed by atoms with Gasteiger partial charge in [-0.25, -0.2) is 0 Å². The first-order valence-corrected chi connectivity index (χ1v) is 12.3. The fourth-order valence-corrected chi connectivity index (χ4v) is 5.63. The number of benzene rings is 1. The lowest BCUT2D eigenvalue weighted by Gasteiger charge is -2.28. The molecule has 2 aliphatic rings. The van der Waals surface area contributed by atoms with Gasteiger partial charge in [-0.3, -0.25) is 0 Å². The Hall–Kier alpha value is -0.603. The zero-order valence-corrected chi connectivity index (χ0v) is 15.2. The fourth-order valence-electron chi connectivity index (χ4n) is 4.46. The molecule has 0 saturated heterocycles. The van der Waals surface area contributed by atoms with Crippen molar-refractivity contribution in [2.75, 3.05) is 0 Å². The van der Waals surface area contributed by atoms with E-state index in [0.29, 0.717) is 6.04 Å². The van der Waals surface area contributed by atoms with Gasteiger partial charge in [-0.05, 0) is 49.5 Å². The van der Waals surface area contributed by atoms with E-state index in [9.17, 15) is 0 Å². The van der Waals surface area contributed by atoms with Crippen LogP contribution in [0.15, 0.2) is 24.3 Å². The molecule has 4 unspecified atom stereocenters. The topological polar surface area (TPSA) is 12.0 Å². The van der Waals surface area contributed by atoms with Crippen LogP contribution in [-0.4, -0.2) is 14.1 Å². The van der Waals surface area contributed by atoms with Gasteiger partial charge in [-0.15, -0.1) is 0 Å². The van der Waals surface area contributed by atoms with Gasteiger partial charge in [0.25, 0.3) is 0 Å². The second-order valence-corrected chi connectivity index (χ2v) is 13.5. The summed E-state index contributed by atoms with van der Waals surface area (Å²) in [5, 5.41) is 5.36. The molecule has 0 aliphatic heterocycles. The molecule has 2 heteroatoms. The lowest BCUT2D eigenvalue weighted by molar-refractivity contribution is 0.259. The molecule has 0 aromatic heterocycles. The minimum Gasteiger partial charge on any atom is -0.310 e. The standard InChI is InChI=1S/C19H31NSi/c1-14(19-12-16-5-8-17(19)11-16)20-13-15-6-9-18(10-7-15)21(2,3)4/h6-7,9-10,14,16-17,19-20H,5,8,11-13H2,1-4H3. The summed E-state index contributed by atoms with van der Waals surface area (Å²) in [6, 6.07) is 10.0. The normalized spacial score (nSPS) is 29.8. The minimum absolute atomic E-state index is 0.678. The number of hydrogen-bond donors (Lipinski definition) is 1. The Balaban J connectivity index is 1.53. The van der Waals surface area contributed by atoms with E-state index in [1.165, 1.54) is 31.2 Å². The molecular formula is C19H31NSi. The highest BCUT2D eigenvalue weighted by molar-refractivity contribution is 6.88. The second kappa shape index (κ2) is 5.89. The third-order valence-corrected chi connectivity index (χ3v) is 7.95. The number of fused-ring (bicyclic) bond motifs is 2. The quantitative estimate of drug-likeness (QED) is 0.806. The van der Waals surface area contributed by atoms with E-state index in [4.69, 9.17) is 0 Å². The van der Waals surface area contributed by atoms with Crippen LogP contribution in [0.4, 0.5) is 0 Å². The summed E-state index contributed by atoms with van der Waals surface area (Å²) in [4.78, 5) is 0. The monoisotopic (exact) mass is 301 g/mol. The first-order valence-electron chi connectivity index (χ1n) is 8.76. The lowest BCUT2D eigenvalue weighted by atomic mass is 9.84. The molecule has 0 spiro atoms. The Morgan fingerprint density at radius 3 is 2.33 bits per heavy atom. The molecule has 4 atom stereocenters. The van der Waals surface area contributed by atoms with Gasteiger partial charge in [0.2, 0.25) is 0 Å². The molecule has 1 N–H and O–H groups in total. The molecular weight excluding hydrogens is 270 g/mol. The highest BCUT2D eigenvalue weighted by atomic mass is 28.3. The van der Waals surface area contributed by atoms with Crippen molar-refractivity contribution in [3.63, 3.8) is 0 Å². The van der Waals surface area contributed by atoms with Crippen LogP contribution < -0.4 is 10.5 Å². The molecule has 21 heavy (non-hydrogen) atoms. The maximum atomic E-state index is 3.80. The van der Waals surface area contributed by atoms with Gasteiger partial charge < -0.3 is 5.32 Å². The van der Waals surface area contributed by atoms with Crippen LogP contribution in [0.3, 0.4) is 0 Å². The fraction of sp³-hybridized carbons (Fsp3) is 0.684. The van der Waals surface area contributed by atoms with Crippen LogP contribution in [0.5, 0.6) is 0 Å². The predicted molar refractivity (Wildman–Crippen MR) is 94.7 cm³/mol. The van der Waals surface area contributed by atoms with Gasteiger partial charge in [0.05, 0.1) is 8.07 Å². The lowest BCUT2D eigenvalue weighted by Crippen LogP contribution is -2.38. The Labute approximate surface area is 131 Å². The average Bonchev–Trinajstić information content (AvgIpc) is 3.07. The Bertz CT molecular complexity index is 473. The molecule has 2 saturated carbocycles. The smallest absolute Gasteiger partial charge is 0.0775 e. The van der Waals surface area contributed by atoms with E-state index >= 15 is 0 Å². The summed E-state index contributed by atoms with van der Waals surface area (Å²) in [6.45, 7) is 10.7. The third-order valence-electron chi connectivity index (χ3n) is 5.88. The van der Waals surface area contributed by atoms with Crippen LogP contribution in [0.1, 0.15) is 38.2 Å². The summed E-state index contributed by atoms with van der Waals surface area (Å²) >= 11 is 0. The van der Waals surface area contributed by atoms with Crippen molar-refractivity contribution in [2.24, 2.45) is 17.8 Å². The largest absolute Gasteiger partial charge is 0.310 e. The molecule has 1 aromatic carbocycles.